The van der Waals surface area contributed by atoms with Gasteiger partial charge >= 0.3 is 7.72 Å². The molecule has 0 amide bonds. The monoisotopic (exact) mass is 383 g/mol. The maximum absolute atomic E-state index is 10.8. The minimum absolute atomic E-state index is 0.659. The Labute approximate surface area is 158 Å². The van der Waals surface area contributed by atoms with Crippen LogP contribution >= 0.6 is 15.6 Å². The molecule has 0 spiro atoms. The average molecular weight is 383 g/mol. The lowest BCUT2D eigenvalue weighted by atomic mass is 10.3. The minimum Gasteiger partial charge on any atom is -0.319 e. The topological polar surface area (TPSA) is 29.5 Å². The van der Waals surface area contributed by atoms with Crippen LogP contribution in [0.5, 0.6) is 5.75 Å². The molecule has 1 N–H and O–H groups in total. The summed E-state index contributed by atoms with van der Waals surface area (Å²) < 4.78 is 6.24. The van der Waals surface area contributed by atoms with Crippen LogP contribution in [-0.2, 0) is 0 Å². The van der Waals surface area contributed by atoms with Crippen LogP contribution in [0.2, 0.25) is 0 Å². The smallest absolute Gasteiger partial charge is 0.315 e. The van der Waals surface area contributed by atoms with Crippen LogP contribution in [-0.4, -0.2) is 17.2 Å². The first kappa shape index (κ1) is 19.1. The highest BCUT2D eigenvalue weighted by Gasteiger charge is 2.36. The molecule has 0 aliphatic rings. The summed E-state index contributed by atoms with van der Waals surface area (Å²) in [7, 11) is -3.14. The summed E-state index contributed by atoms with van der Waals surface area (Å²) >= 11 is 0. The van der Waals surface area contributed by atoms with Gasteiger partial charge in [0.15, 0.2) is 5.75 Å². The molecule has 4 heteroatoms. The van der Waals surface area contributed by atoms with Crippen molar-refractivity contribution in [3.8, 4) is 5.75 Å². The van der Waals surface area contributed by atoms with Crippen LogP contribution in [0.25, 0.3) is 0 Å². The third-order valence-corrected chi connectivity index (χ3v) is 9.38. The van der Waals surface area contributed by atoms with Crippen molar-refractivity contribution in [2.75, 3.05) is 12.3 Å². The maximum Gasteiger partial charge on any atom is 0.315 e. The lowest BCUT2D eigenvalue weighted by Gasteiger charge is -2.23. The first-order chi connectivity index (χ1) is 12.7. The Morgan fingerprint density at radius 1 is 0.731 bits per heavy atom. The van der Waals surface area contributed by atoms with E-state index in [1.807, 2.05) is 38.1 Å². The maximum atomic E-state index is 10.8. The van der Waals surface area contributed by atoms with Crippen molar-refractivity contribution >= 4 is 31.6 Å². The predicted molar refractivity (Wildman–Crippen MR) is 116 cm³/mol. The summed E-state index contributed by atoms with van der Waals surface area (Å²) in [5.74, 6) is 0.811. The standard InChI is InChI=1S/C22H25O2P2/c1-3-26(23,4-2)24-21-17-11-12-18-22(21)25(19-13-7-5-8-14-19)20-15-9-6-10-16-20/h5-18,23H,3-4H2,1-2H3/q+1. The van der Waals surface area contributed by atoms with Gasteiger partial charge in [0.1, 0.15) is 12.3 Å². The molecule has 0 aliphatic heterocycles. The van der Waals surface area contributed by atoms with Crippen molar-refractivity contribution in [1.82, 2.24) is 0 Å². The third kappa shape index (κ3) is 4.33. The van der Waals surface area contributed by atoms with Crippen LogP contribution in [0.3, 0.4) is 0 Å². The zero-order valence-electron chi connectivity index (χ0n) is 15.2. The molecule has 0 saturated heterocycles. The molecule has 0 saturated carbocycles. The van der Waals surface area contributed by atoms with Crippen molar-refractivity contribution in [1.29, 1.82) is 0 Å². The second kappa shape index (κ2) is 8.78. The second-order valence-electron chi connectivity index (χ2n) is 6.04. The van der Waals surface area contributed by atoms with E-state index in [9.17, 15) is 4.89 Å². The number of rotatable bonds is 7. The number of hydrogen-bond donors (Lipinski definition) is 1. The number of benzene rings is 3. The lowest BCUT2D eigenvalue weighted by molar-refractivity contribution is 0.460. The first-order valence-electron chi connectivity index (χ1n) is 8.95. The van der Waals surface area contributed by atoms with E-state index in [0.717, 1.165) is 11.1 Å². The summed E-state index contributed by atoms with van der Waals surface area (Å²) in [4.78, 5) is 10.8. The van der Waals surface area contributed by atoms with Crippen molar-refractivity contribution in [3.05, 3.63) is 84.9 Å². The summed E-state index contributed by atoms with van der Waals surface area (Å²) in [6, 6.07) is 29.3. The molecule has 0 radical (unpaired) electrons. The fourth-order valence-electron chi connectivity index (χ4n) is 2.84. The highest BCUT2D eigenvalue weighted by Crippen LogP contribution is 2.55. The van der Waals surface area contributed by atoms with Gasteiger partial charge < -0.3 is 4.52 Å². The summed E-state index contributed by atoms with van der Waals surface area (Å²) in [5, 5.41) is 3.71. The average Bonchev–Trinajstić information content (AvgIpc) is 2.71. The van der Waals surface area contributed by atoms with Gasteiger partial charge in [0.25, 0.3) is 0 Å². The SMILES string of the molecule is CC[P+](O)(CC)Oc1ccccc1P(c1ccccc1)c1ccccc1. The van der Waals surface area contributed by atoms with Gasteiger partial charge in [-0.15, -0.1) is 0 Å². The van der Waals surface area contributed by atoms with E-state index >= 15 is 0 Å². The predicted octanol–water partition coefficient (Wildman–Crippen LogP) is 4.70. The van der Waals surface area contributed by atoms with Gasteiger partial charge in [-0.2, -0.15) is 0 Å². The third-order valence-electron chi connectivity index (χ3n) is 4.39. The zero-order chi connectivity index (χ0) is 18.4. The molecule has 0 bridgehead atoms. The first-order valence-corrected chi connectivity index (χ1v) is 12.3. The van der Waals surface area contributed by atoms with Gasteiger partial charge in [-0.25, -0.2) is 4.89 Å². The fraction of sp³-hybridized carbons (Fsp3) is 0.182. The largest absolute Gasteiger partial charge is 0.319 e. The van der Waals surface area contributed by atoms with Crippen LogP contribution < -0.4 is 20.4 Å². The quantitative estimate of drug-likeness (QED) is 0.599. The fourth-order valence-corrected chi connectivity index (χ4v) is 6.51. The molecule has 0 unspecified atom stereocenters. The van der Waals surface area contributed by atoms with E-state index in [0.29, 0.717) is 12.3 Å². The molecule has 2 nitrogen and oxygen atoms in total. The van der Waals surface area contributed by atoms with Gasteiger partial charge in [-0.1, -0.05) is 72.8 Å². The molecular formula is C22H25O2P2+. The summed E-state index contributed by atoms with van der Waals surface area (Å²) in [6.07, 6.45) is 1.32. The molecule has 3 aromatic rings. The van der Waals surface area contributed by atoms with E-state index in [-0.39, 0.29) is 0 Å². The molecule has 0 heterocycles. The number of hydrogen-bond acceptors (Lipinski definition) is 2. The van der Waals surface area contributed by atoms with Gasteiger partial charge in [-0.05, 0) is 44.5 Å². The molecular weight excluding hydrogens is 358 g/mol. The molecule has 0 atom stereocenters. The normalized spacial score (nSPS) is 11.5. The molecule has 3 rings (SSSR count). The minimum atomic E-state index is -2.39. The Morgan fingerprint density at radius 2 is 1.19 bits per heavy atom. The second-order valence-corrected chi connectivity index (χ2v) is 11.4. The zero-order valence-corrected chi connectivity index (χ0v) is 17.0. The highest BCUT2D eigenvalue weighted by atomic mass is 31.2. The summed E-state index contributed by atoms with van der Waals surface area (Å²) in [5.41, 5.74) is 0. The highest BCUT2D eigenvalue weighted by molar-refractivity contribution is 7.80. The molecule has 134 valence electrons. The van der Waals surface area contributed by atoms with E-state index < -0.39 is 15.6 Å². The van der Waals surface area contributed by atoms with E-state index in [2.05, 4.69) is 60.7 Å². The number of para-hydroxylation sites is 1. The molecule has 26 heavy (non-hydrogen) atoms. The van der Waals surface area contributed by atoms with Crippen molar-refractivity contribution in [2.24, 2.45) is 0 Å². The molecule has 3 aromatic carbocycles. The van der Waals surface area contributed by atoms with Crippen molar-refractivity contribution < 1.29 is 9.42 Å². The van der Waals surface area contributed by atoms with Gasteiger partial charge in [-0.3, -0.25) is 0 Å². The van der Waals surface area contributed by atoms with E-state index in [1.54, 1.807) is 0 Å². The van der Waals surface area contributed by atoms with E-state index in [1.165, 1.54) is 10.6 Å². The summed E-state index contributed by atoms with van der Waals surface area (Å²) in [6.45, 7) is 3.99. The Bertz CT molecular complexity index is 778. The molecule has 0 fully saturated rings. The van der Waals surface area contributed by atoms with Gasteiger partial charge in [0.2, 0.25) is 0 Å². The Balaban J connectivity index is 2.11. The van der Waals surface area contributed by atoms with Crippen LogP contribution in [0.4, 0.5) is 0 Å². The van der Waals surface area contributed by atoms with Crippen LogP contribution in [0, 0.1) is 0 Å². The molecule has 0 aliphatic carbocycles. The Morgan fingerprint density at radius 3 is 1.69 bits per heavy atom. The Hall–Kier alpha value is -1.72. The van der Waals surface area contributed by atoms with Crippen molar-refractivity contribution in [2.45, 2.75) is 13.8 Å². The van der Waals surface area contributed by atoms with Gasteiger partial charge in [0, 0.05) is 5.30 Å². The van der Waals surface area contributed by atoms with Crippen LogP contribution in [0.15, 0.2) is 84.9 Å². The molecule has 0 aromatic heterocycles. The van der Waals surface area contributed by atoms with Crippen LogP contribution in [0.1, 0.15) is 13.8 Å². The van der Waals surface area contributed by atoms with E-state index in [4.69, 9.17) is 4.52 Å². The Kier molecular flexibility index (Phi) is 6.43. The van der Waals surface area contributed by atoms with Crippen molar-refractivity contribution in [3.63, 3.8) is 0 Å². The lowest BCUT2D eigenvalue weighted by Crippen LogP contribution is -2.22. The van der Waals surface area contributed by atoms with Gasteiger partial charge in [0.05, 0.1) is 0 Å².